The molecule has 1 aromatic rings. The number of para-hydroxylation sites is 1. The number of phenolic OH excluding ortho intramolecular Hbond substituents is 1. The van der Waals surface area contributed by atoms with Crippen LogP contribution in [0, 0.1) is 0 Å². The lowest BCUT2D eigenvalue weighted by atomic mass is 10.00. The number of nitrogens with one attached hydrogen (secondary N) is 1. The maximum atomic E-state index is 12.8. The second-order valence-electron chi connectivity index (χ2n) is 4.80. The summed E-state index contributed by atoms with van der Waals surface area (Å²) in [6.07, 6.45) is -5.23. The summed E-state index contributed by atoms with van der Waals surface area (Å²) in [4.78, 5) is 1.77. The van der Waals surface area contributed by atoms with Crippen molar-refractivity contribution in [3.05, 3.63) is 28.2 Å². The van der Waals surface area contributed by atoms with Gasteiger partial charge in [-0.25, -0.2) is 0 Å². The monoisotopic (exact) mass is 352 g/mol. The van der Waals surface area contributed by atoms with Crippen molar-refractivity contribution in [2.24, 2.45) is 0 Å². The molecule has 3 nitrogen and oxygen atoms in total. The van der Waals surface area contributed by atoms with Gasteiger partial charge in [0.2, 0.25) is 0 Å². The van der Waals surface area contributed by atoms with Gasteiger partial charge in [-0.05, 0) is 22.0 Å². The van der Waals surface area contributed by atoms with E-state index in [1.165, 1.54) is 0 Å². The lowest BCUT2D eigenvalue weighted by Crippen LogP contribution is -2.46. The highest BCUT2D eigenvalue weighted by atomic mass is 79.9. The predicted molar refractivity (Wildman–Crippen MR) is 73.7 cm³/mol. The Morgan fingerprint density at radius 1 is 1.30 bits per heavy atom. The summed E-state index contributed by atoms with van der Waals surface area (Å²) in [6, 6.07) is 3.96. The van der Waals surface area contributed by atoms with Crippen LogP contribution < -0.4 is 5.32 Å². The first-order chi connectivity index (χ1) is 9.38. The van der Waals surface area contributed by atoms with Crippen LogP contribution in [-0.4, -0.2) is 42.4 Å². The van der Waals surface area contributed by atoms with Crippen molar-refractivity contribution in [3.8, 4) is 5.75 Å². The Balaban J connectivity index is 2.32. The number of phenols is 1. The fraction of sp³-hybridized carbons (Fsp3) is 0.538. The average Bonchev–Trinajstić information content (AvgIpc) is 2.40. The lowest BCUT2D eigenvalue weighted by molar-refractivity contribution is -0.148. The van der Waals surface area contributed by atoms with Crippen molar-refractivity contribution in [2.75, 3.05) is 26.2 Å². The zero-order chi connectivity index (χ0) is 14.8. The molecular weight excluding hydrogens is 337 g/mol. The standard InChI is InChI=1S/C13H16BrF3N2O/c14-10-3-1-2-9(12(10)20)11(8-13(15,16)17)19-6-4-18-5-7-19/h1-3,11,18,20H,4-8H2/t11-/m1/s1. The molecule has 0 bridgehead atoms. The topological polar surface area (TPSA) is 35.5 Å². The molecule has 0 unspecified atom stereocenters. The van der Waals surface area contributed by atoms with Crippen molar-refractivity contribution in [3.63, 3.8) is 0 Å². The number of benzene rings is 1. The Kier molecular flexibility index (Phi) is 4.93. The molecule has 2 N–H and O–H groups in total. The number of rotatable bonds is 3. The van der Waals surface area contributed by atoms with Crippen LogP contribution in [0.5, 0.6) is 5.75 Å². The first kappa shape index (κ1) is 15.6. The van der Waals surface area contributed by atoms with Crippen molar-refractivity contribution in [1.29, 1.82) is 0 Å². The maximum absolute atomic E-state index is 12.8. The summed E-state index contributed by atoms with van der Waals surface area (Å²) >= 11 is 3.16. The van der Waals surface area contributed by atoms with Gasteiger partial charge in [-0.1, -0.05) is 12.1 Å². The van der Waals surface area contributed by atoms with Gasteiger partial charge in [-0.15, -0.1) is 0 Å². The van der Waals surface area contributed by atoms with Crippen LogP contribution in [0.4, 0.5) is 13.2 Å². The van der Waals surface area contributed by atoms with E-state index in [0.29, 0.717) is 36.2 Å². The third kappa shape index (κ3) is 3.86. The van der Waals surface area contributed by atoms with Crippen LogP contribution in [0.3, 0.4) is 0 Å². The van der Waals surface area contributed by atoms with Crippen molar-refractivity contribution in [2.45, 2.75) is 18.6 Å². The van der Waals surface area contributed by atoms with Crippen LogP contribution in [0.25, 0.3) is 0 Å². The van der Waals surface area contributed by atoms with E-state index in [4.69, 9.17) is 0 Å². The third-order valence-corrected chi connectivity index (χ3v) is 4.03. The predicted octanol–water partition coefficient (Wildman–Crippen LogP) is 3.05. The fourth-order valence-electron chi connectivity index (χ4n) is 2.45. The number of aromatic hydroxyl groups is 1. The molecule has 1 fully saturated rings. The number of alkyl halides is 3. The van der Waals surface area contributed by atoms with E-state index >= 15 is 0 Å². The molecule has 20 heavy (non-hydrogen) atoms. The molecule has 0 spiro atoms. The second-order valence-corrected chi connectivity index (χ2v) is 5.65. The molecule has 112 valence electrons. The molecule has 0 aliphatic carbocycles. The van der Waals surface area contributed by atoms with Gasteiger partial charge in [-0.3, -0.25) is 4.90 Å². The molecule has 2 rings (SSSR count). The Morgan fingerprint density at radius 3 is 2.55 bits per heavy atom. The minimum absolute atomic E-state index is 0.111. The first-order valence-electron chi connectivity index (χ1n) is 6.37. The molecule has 0 amide bonds. The zero-order valence-corrected chi connectivity index (χ0v) is 12.3. The summed E-state index contributed by atoms with van der Waals surface area (Å²) in [5.41, 5.74) is 0.318. The molecule has 1 saturated heterocycles. The molecule has 1 heterocycles. The number of piperazine rings is 1. The van der Waals surface area contributed by atoms with E-state index in [1.54, 1.807) is 23.1 Å². The quantitative estimate of drug-likeness (QED) is 0.877. The highest BCUT2D eigenvalue weighted by Crippen LogP contribution is 2.40. The van der Waals surface area contributed by atoms with Gasteiger partial charge in [0, 0.05) is 37.8 Å². The van der Waals surface area contributed by atoms with Crippen LogP contribution in [0.1, 0.15) is 18.0 Å². The Morgan fingerprint density at radius 2 is 1.95 bits per heavy atom. The molecule has 1 aromatic carbocycles. The van der Waals surface area contributed by atoms with Gasteiger partial charge >= 0.3 is 6.18 Å². The van der Waals surface area contributed by atoms with E-state index in [-0.39, 0.29) is 5.75 Å². The summed E-state index contributed by atoms with van der Waals surface area (Å²) in [5.74, 6) is -0.111. The largest absolute Gasteiger partial charge is 0.506 e. The summed E-state index contributed by atoms with van der Waals surface area (Å²) in [6.45, 7) is 2.38. The van der Waals surface area contributed by atoms with E-state index in [2.05, 4.69) is 21.2 Å². The van der Waals surface area contributed by atoms with Gasteiger partial charge in [0.05, 0.1) is 10.9 Å². The number of nitrogens with zero attached hydrogens (tertiary/aromatic N) is 1. The van der Waals surface area contributed by atoms with Crippen molar-refractivity contribution in [1.82, 2.24) is 10.2 Å². The van der Waals surface area contributed by atoms with Crippen molar-refractivity contribution >= 4 is 15.9 Å². The smallest absolute Gasteiger partial charge is 0.390 e. The van der Waals surface area contributed by atoms with Gasteiger partial charge in [0.1, 0.15) is 5.75 Å². The van der Waals surface area contributed by atoms with Crippen molar-refractivity contribution < 1.29 is 18.3 Å². The van der Waals surface area contributed by atoms with Gasteiger partial charge in [-0.2, -0.15) is 13.2 Å². The van der Waals surface area contributed by atoms with E-state index in [9.17, 15) is 18.3 Å². The third-order valence-electron chi connectivity index (χ3n) is 3.39. The van der Waals surface area contributed by atoms with E-state index in [0.717, 1.165) is 0 Å². The normalized spacial score (nSPS) is 19.0. The SMILES string of the molecule is Oc1c(Br)cccc1[C@@H](CC(F)(F)F)N1CCNCC1. The Hall–Kier alpha value is -0.790. The minimum Gasteiger partial charge on any atom is -0.506 e. The van der Waals surface area contributed by atoms with Crippen LogP contribution >= 0.6 is 15.9 Å². The molecule has 0 aromatic heterocycles. The maximum Gasteiger partial charge on any atom is 0.390 e. The van der Waals surface area contributed by atoms with Crippen LogP contribution in [0.15, 0.2) is 22.7 Å². The molecule has 1 aliphatic rings. The molecule has 0 saturated carbocycles. The number of hydrogen-bond donors (Lipinski definition) is 2. The number of halogens is 4. The lowest BCUT2D eigenvalue weighted by Gasteiger charge is -2.36. The highest BCUT2D eigenvalue weighted by Gasteiger charge is 2.37. The molecule has 1 aliphatic heterocycles. The average molecular weight is 353 g/mol. The van der Waals surface area contributed by atoms with Crippen LogP contribution in [0.2, 0.25) is 0 Å². The second kappa shape index (κ2) is 6.32. The molecule has 7 heteroatoms. The van der Waals surface area contributed by atoms with E-state index in [1.807, 2.05) is 0 Å². The summed E-state index contributed by atoms with van der Waals surface area (Å²) in [7, 11) is 0. The van der Waals surface area contributed by atoms with E-state index < -0.39 is 18.6 Å². The molecule has 1 atom stereocenters. The first-order valence-corrected chi connectivity index (χ1v) is 7.16. The molecular formula is C13H16BrF3N2O. The van der Waals surface area contributed by atoms with Crippen LogP contribution in [-0.2, 0) is 0 Å². The summed E-state index contributed by atoms with van der Waals surface area (Å²) < 4.78 is 38.9. The molecule has 0 radical (unpaired) electrons. The number of hydrogen-bond acceptors (Lipinski definition) is 3. The van der Waals surface area contributed by atoms with Gasteiger partial charge < -0.3 is 10.4 Å². The summed E-state index contributed by atoms with van der Waals surface area (Å²) in [5, 5.41) is 13.2. The Bertz CT molecular complexity index is 461. The highest BCUT2D eigenvalue weighted by molar-refractivity contribution is 9.10. The van der Waals surface area contributed by atoms with Gasteiger partial charge in [0.25, 0.3) is 0 Å². The van der Waals surface area contributed by atoms with Gasteiger partial charge in [0.15, 0.2) is 0 Å². The fourth-order valence-corrected chi connectivity index (χ4v) is 2.83. The minimum atomic E-state index is -4.27. The Labute approximate surface area is 123 Å². The zero-order valence-electron chi connectivity index (χ0n) is 10.8.